The van der Waals surface area contributed by atoms with E-state index in [9.17, 15) is 9.59 Å². The smallest absolute Gasteiger partial charge is 0.340 e. The van der Waals surface area contributed by atoms with Crippen molar-refractivity contribution in [2.24, 2.45) is 0 Å². The lowest BCUT2D eigenvalue weighted by atomic mass is 10.2. The number of aryl methyl sites for hydroxylation is 1. The summed E-state index contributed by atoms with van der Waals surface area (Å²) < 4.78 is 7.42. The standard InChI is InChI=1S/C18H26N2O3/c1-6-19(10-12(2)3)17(21)11-23-18(22)16-9-13(4)20(14(16)5)15-7-8-15/h9,15H,2,6-8,10-11H2,1,3-5H3. The van der Waals surface area contributed by atoms with Crippen molar-refractivity contribution < 1.29 is 14.3 Å². The van der Waals surface area contributed by atoms with Gasteiger partial charge in [0.1, 0.15) is 0 Å². The summed E-state index contributed by atoms with van der Waals surface area (Å²) in [6.45, 7) is 12.3. The van der Waals surface area contributed by atoms with Crippen LogP contribution in [0.1, 0.15) is 54.5 Å². The van der Waals surface area contributed by atoms with E-state index < -0.39 is 5.97 Å². The van der Waals surface area contributed by atoms with Gasteiger partial charge in [-0.15, -0.1) is 0 Å². The summed E-state index contributed by atoms with van der Waals surface area (Å²) in [5, 5.41) is 0. The van der Waals surface area contributed by atoms with E-state index in [0.717, 1.165) is 29.8 Å². The quantitative estimate of drug-likeness (QED) is 0.573. The Morgan fingerprint density at radius 3 is 2.57 bits per heavy atom. The van der Waals surface area contributed by atoms with Crippen LogP contribution < -0.4 is 0 Å². The number of hydrogen-bond acceptors (Lipinski definition) is 3. The number of carbonyl (C=O) groups excluding carboxylic acids is 2. The van der Waals surface area contributed by atoms with Crippen LogP contribution in [-0.4, -0.2) is 41.0 Å². The Morgan fingerprint density at radius 1 is 1.39 bits per heavy atom. The number of carbonyl (C=O) groups is 2. The van der Waals surface area contributed by atoms with Crippen LogP contribution >= 0.6 is 0 Å². The van der Waals surface area contributed by atoms with E-state index in [4.69, 9.17) is 4.74 Å². The zero-order chi connectivity index (χ0) is 17.1. The molecular weight excluding hydrogens is 292 g/mol. The highest BCUT2D eigenvalue weighted by Gasteiger charge is 2.29. The summed E-state index contributed by atoms with van der Waals surface area (Å²) in [5.41, 5.74) is 3.46. The van der Waals surface area contributed by atoms with Gasteiger partial charge >= 0.3 is 5.97 Å². The molecule has 1 aromatic heterocycles. The van der Waals surface area contributed by atoms with Gasteiger partial charge in [-0.25, -0.2) is 4.79 Å². The molecule has 1 aromatic rings. The lowest BCUT2D eigenvalue weighted by molar-refractivity contribution is -0.133. The monoisotopic (exact) mass is 318 g/mol. The molecule has 5 nitrogen and oxygen atoms in total. The molecule has 1 heterocycles. The Kier molecular flexibility index (Phi) is 5.29. The van der Waals surface area contributed by atoms with Crippen LogP contribution in [-0.2, 0) is 9.53 Å². The summed E-state index contributed by atoms with van der Waals surface area (Å²) in [5.74, 6) is -0.621. The second kappa shape index (κ2) is 7.02. The van der Waals surface area contributed by atoms with Gasteiger partial charge in [0.25, 0.3) is 5.91 Å². The molecule has 1 fully saturated rings. The van der Waals surface area contributed by atoms with Crippen molar-refractivity contribution >= 4 is 11.9 Å². The molecule has 23 heavy (non-hydrogen) atoms. The average Bonchev–Trinajstić information content (AvgIpc) is 3.27. The summed E-state index contributed by atoms with van der Waals surface area (Å²) in [6.07, 6.45) is 2.32. The molecule has 0 N–H and O–H groups in total. The number of ether oxygens (including phenoxy) is 1. The third kappa shape index (κ3) is 4.03. The Balaban J connectivity index is 1.98. The van der Waals surface area contributed by atoms with Gasteiger partial charge in [-0.05, 0) is 46.6 Å². The number of rotatable bonds is 7. The molecule has 1 amide bonds. The molecule has 1 aliphatic carbocycles. The van der Waals surface area contributed by atoms with Gasteiger partial charge in [-0.1, -0.05) is 12.2 Å². The predicted octanol–water partition coefficient (Wildman–Crippen LogP) is 3.02. The van der Waals surface area contributed by atoms with Gasteiger partial charge in [0.2, 0.25) is 0 Å². The van der Waals surface area contributed by atoms with Crippen LogP contribution in [0.15, 0.2) is 18.2 Å². The molecular formula is C18H26N2O3. The lowest BCUT2D eigenvalue weighted by Gasteiger charge is -2.20. The van der Waals surface area contributed by atoms with E-state index >= 15 is 0 Å². The van der Waals surface area contributed by atoms with Crippen LogP contribution in [0.4, 0.5) is 0 Å². The first-order valence-electron chi connectivity index (χ1n) is 8.12. The molecule has 126 valence electrons. The summed E-state index contributed by atoms with van der Waals surface area (Å²) >= 11 is 0. The van der Waals surface area contributed by atoms with Crippen LogP contribution in [0.2, 0.25) is 0 Å². The van der Waals surface area contributed by atoms with Crippen molar-refractivity contribution in [3.8, 4) is 0 Å². The molecule has 0 saturated heterocycles. The highest BCUT2D eigenvalue weighted by molar-refractivity contribution is 5.92. The van der Waals surface area contributed by atoms with Crippen molar-refractivity contribution in [2.75, 3.05) is 19.7 Å². The van der Waals surface area contributed by atoms with Crippen molar-refractivity contribution in [2.45, 2.75) is 46.6 Å². The van der Waals surface area contributed by atoms with Gasteiger partial charge in [0, 0.05) is 30.5 Å². The topological polar surface area (TPSA) is 51.5 Å². The minimum Gasteiger partial charge on any atom is -0.452 e. The first-order chi connectivity index (χ1) is 10.8. The minimum absolute atomic E-state index is 0.195. The molecule has 0 aromatic carbocycles. The van der Waals surface area contributed by atoms with E-state index in [1.807, 2.05) is 33.8 Å². The first kappa shape index (κ1) is 17.3. The van der Waals surface area contributed by atoms with Gasteiger partial charge in [-0.3, -0.25) is 4.79 Å². The fourth-order valence-corrected chi connectivity index (χ4v) is 2.88. The van der Waals surface area contributed by atoms with Crippen molar-refractivity contribution in [1.29, 1.82) is 0 Å². The number of esters is 1. The lowest BCUT2D eigenvalue weighted by Crippen LogP contribution is -2.35. The SMILES string of the molecule is C=C(C)CN(CC)C(=O)COC(=O)c1cc(C)n(C2CC2)c1C. The predicted molar refractivity (Wildman–Crippen MR) is 89.5 cm³/mol. The molecule has 1 saturated carbocycles. The normalized spacial score (nSPS) is 13.7. The van der Waals surface area contributed by atoms with Gasteiger partial charge in [-0.2, -0.15) is 0 Å². The van der Waals surface area contributed by atoms with Gasteiger partial charge < -0.3 is 14.2 Å². The number of nitrogens with zero attached hydrogens (tertiary/aromatic N) is 2. The van der Waals surface area contributed by atoms with E-state index in [1.165, 1.54) is 0 Å². The van der Waals surface area contributed by atoms with E-state index in [-0.39, 0.29) is 12.5 Å². The van der Waals surface area contributed by atoms with Gasteiger partial charge in [0.05, 0.1) is 5.56 Å². The van der Waals surface area contributed by atoms with Gasteiger partial charge in [0.15, 0.2) is 6.61 Å². The zero-order valence-corrected chi connectivity index (χ0v) is 14.5. The highest BCUT2D eigenvalue weighted by Crippen LogP contribution is 2.38. The second-order valence-corrected chi connectivity index (χ2v) is 6.33. The molecule has 0 aliphatic heterocycles. The average molecular weight is 318 g/mol. The Hall–Kier alpha value is -2.04. The first-order valence-corrected chi connectivity index (χ1v) is 8.12. The molecule has 5 heteroatoms. The Morgan fingerprint density at radius 2 is 2.04 bits per heavy atom. The molecule has 0 unspecified atom stereocenters. The Labute approximate surface area is 137 Å². The van der Waals surface area contributed by atoms with Crippen LogP contribution in [0.3, 0.4) is 0 Å². The van der Waals surface area contributed by atoms with Crippen LogP contribution in [0.5, 0.6) is 0 Å². The maximum absolute atomic E-state index is 12.3. The third-order valence-corrected chi connectivity index (χ3v) is 4.14. The molecule has 0 radical (unpaired) electrons. The number of amides is 1. The zero-order valence-electron chi connectivity index (χ0n) is 14.5. The van der Waals surface area contributed by atoms with Crippen LogP contribution in [0.25, 0.3) is 0 Å². The fourth-order valence-electron chi connectivity index (χ4n) is 2.88. The molecule has 1 aliphatic rings. The Bertz CT molecular complexity index is 626. The summed E-state index contributed by atoms with van der Waals surface area (Å²) in [7, 11) is 0. The largest absolute Gasteiger partial charge is 0.452 e. The molecule has 2 rings (SSSR count). The fraction of sp³-hybridized carbons (Fsp3) is 0.556. The molecule has 0 spiro atoms. The molecule has 0 bridgehead atoms. The number of likely N-dealkylation sites (N-methyl/N-ethyl adjacent to an activating group) is 1. The third-order valence-electron chi connectivity index (χ3n) is 4.14. The molecule has 0 atom stereocenters. The number of hydrogen-bond donors (Lipinski definition) is 0. The van der Waals surface area contributed by atoms with Crippen molar-refractivity contribution in [1.82, 2.24) is 9.47 Å². The highest BCUT2D eigenvalue weighted by atomic mass is 16.5. The van der Waals surface area contributed by atoms with Crippen molar-refractivity contribution in [3.05, 3.63) is 35.2 Å². The maximum atomic E-state index is 12.3. The summed E-state index contributed by atoms with van der Waals surface area (Å²) in [6, 6.07) is 2.37. The number of aromatic nitrogens is 1. The van der Waals surface area contributed by atoms with E-state index in [1.54, 1.807) is 4.90 Å². The summed E-state index contributed by atoms with van der Waals surface area (Å²) in [4.78, 5) is 26.0. The van der Waals surface area contributed by atoms with Crippen LogP contribution in [0, 0.1) is 13.8 Å². The maximum Gasteiger partial charge on any atom is 0.340 e. The van der Waals surface area contributed by atoms with Crippen molar-refractivity contribution in [3.63, 3.8) is 0 Å². The second-order valence-electron chi connectivity index (χ2n) is 6.33. The van der Waals surface area contributed by atoms with E-state index in [2.05, 4.69) is 11.1 Å². The minimum atomic E-state index is -0.426. The van der Waals surface area contributed by atoms with E-state index in [0.29, 0.717) is 24.7 Å².